The molecule has 0 fully saturated rings. The van der Waals surface area contributed by atoms with Crippen molar-refractivity contribution in [2.75, 3.05) is 25.7 Å². The molecule has 0 spiro atoms. The summed E-state index contributed by atoms with van der Waals surface area (Å²) in [6.07, 6.45) is 0. The van der Waals surface area contributed by atoms with Gasteiger partial charge in [-0.15, -0.1) is 0 Å². The summed E-state index contributed by atoms with van der Waals surface area (Å²) >= 11 is 0. The van der Waals surface area contributed by atoms with Gasteiger partial charge in [-0.2, -0.15) is 0 Å². The van der Waals surface area contributed by atoms with E-state index in [2.05, 4.69) is 49.9 Å². The molecule has 23 heavy (non-hydrogen) atoms. The van der Waals surface area contributed by atoms with Gasteiger partial charge in [0.2, 0.25) is 0 Å². The van der Waals surface area contributed by atoms with Gasteiger partial charge in [0, 0.05) is 18.8 Å². The van der Waals surface area contributed by atoms with Crippen molar-refractivity contribution < 1.29 is 9.47 Å². The fourth-order valence-corrected chi connectivity index (χ4v) is 2.60. The summed E-state index contributed by atoms with van der Waals surface area (Å²) in [4.78, 5) is 2.40. The Kier molecular flexibility index (Phi) is 5.54. The maximum Gasteiger partial charge on any atom is 0.119 e. The minimum atomic E-state index is 0.207. The van der Waals surface area contributed by atoms with Crippen molar-refractivity contribution in [2.45, 2.75) is 27.3 Å². The molecule has 2 rings (SSSR count). The Bertz CT molecular complexity index is 614. The Morgan fingerprint density at radius 2 is 1.52 bits per heavy atom. The highest BCUT2D eigenvalue weighted by atomic mass is 16.5. The van der Waals surface area contributed by atoms with Crippen molar-refractivity contribution in [3.8, 4) is 11.5 Å². The zero-order chi connectivity index (χ0) is 16.9. The summed E-state index contributed by atoms with van der Waals surface area (Å²) in [6, 6.07) is 16.5. The van der Waals surface area contributed by atoms with Crippen LogP contribution in [-0.4, -0.2) is 20.8 Å². The third-order valence-electron chi connectivity index (χ3n) is 3.61. The molecule has 0 aliphatic heterocycles. The van der Waals surface area contributed by atoms with Crippen molar-refractivity contribution in [1.29, 1.82) is 0 Å². The second-order valence-corrected chi connectivity index (χ2v) is 6.97. The maximum absolute atomic E-state index is 5.34. The first-order valence-electron chi connectivity index (χ1n) is 7.93. The van der Waals surface area contributed by atoms with Crippen LogP contribution in [0.4, 0.5) is 5.69 Å². The number of hydrogen-bond donors (Lipinski definition) is 0. The van der Waals surface area contributed by atoms with Crippen LogP contribution in [-0.2, 0) is 6.54 Å². The molecule has 2 aromatic carbocycles. The Morgan fingerprint density at radius 1 is 0.870 bits per heavy atom. The van der Waals surface area contributed by atoms with E-state index in [4.69, 9.17) is 9.47 Å². The Labute approximate surface area is 139 Å². The molecule has 0 aliphatic carbocycles. The van der Waals surface area contributed by atoms with Crippen molar-refractivity contribution in [1.82, 2.24) is 0 Å². The van der Waals surface area contributed by atoms with Crippen LogP contribution >= 0.6 is 0 Å². The van der Waals surface area contributed by atoms with E-state index in [9.17, 15) is 0 Å². The monoisotopic (exact) mass is 313 g/mol. The molecule has 3 heteroatoms. The van der Waals surface area contributed by atoms with Crippen molar-refractivity contribution in [3.05, 3.63) is 54.1 Å². The van der Waals surface area contributed by atoms with Gasteiger partial charge in [-0.25, -0.2) is 0 Å². The average molecular weight is 313 g/mol. The lowest BCUT2D eigenvalue weighted by Crippen LogP contribution is -2.32. The molecular formula is C20H27NO2. The number of ether oxygens (including phenoxy) is 2. The highest BCUT2D eigenvalue weighted by molar-refractivity contribution is 5.50. The van der Waals surface area contributed by atoms with Crippen LogP contribution in [0.15, 0.2) is 48.5 Å². The Balaban J connectivity index is 2.25. The molecule has 0 amide bonds. The fourth-order valence-electron chi connectivity index (χ4n) is 2.60. The lowest BCUT2D eigenvalue weighted by atomic mass is 9.95. The minimum Gasteiger partial charge on any atom is -0.497 e. The lowest BCUT2D eigenvalue weighted by Gasteiger charge is -2.32. The van der Waals surface area contributed by atoms with E-state index < -0.39 is 0 Å². The van der Waals surface area contributed by atoms with Gasteiger partial charge in [0.25, 0.3) is 0 Å². The van der Waals surface area contributed by atoms with Gasteiger partial charge in [0.05, 0.1) is 14.2 Å². The molecule has 3 nitrogen and oxygen atoms in total. The highest BCUT2D eigenvalue weighted by Crippen LogP contribution is 2.26. The van der Waals surface area contributed by atoms with Crippen LogP contribution < -0.4 is 14.4 Å². The van der Waals surface area contributed by atoms with E-state index in [1.165, 1.54) is 11.3 Å². The van der Waals surface area contributed by atoms with Crippen LogP contribution in [0, 0.1) is 5.41 Å². The molecular weight excluding hydrogens is 286 g/mol. The van der Waals surface area contributed by atoms with Gasteiger partial charge in [-0.1, -0.05) is 32.9 Å². The second kappa shape index (κ2) is 7.40. The summed E-state index contributed by atoms with van der Waals surface area (Å²) in [5.74, 6) is 1.78. The van der Waals surface area contributed by atoms with Crippen LogP contribution in [0.5, 0.6) is 11.5 Å². The lowest BCUT2D eigenvalue weighted by molar-refractivity contribution is 0.406. The smallest absolute Gasteiger partial charge is 0.119 e. The zero-order valence-electron chi connectivity index (χ0n) is 14.8. The van der Waals surface area contributed by atoms with E-state index in [0.717, 1.165) is 24.6 Å². The molecule has 0 saturated heterocycles. The van der Waals surface area contributed by atoms with Gasteiger partial charge in [0.1, 0.15) is 11.5 Å². The Morgan fingerprint density at radius 3 is 2.09 bits per heavy atom. The molecule has 0 heterocycles. The van der Waals surface area contributed by atoms with Gasteiger partial charge in [0.15, 0.2) is 0 Å². The van der Waals surface area contributed by atoms with E-state index >= 15 is 0 Å². The van der Waals surface area contributed by atoms with E-state index in [1.54, 1.807) is 14.2 Å². The third kappa shape index (κ3) is 5.20. The zero-order valence-corrected chi connectivity index (χ0v) is 14.8. The van der Waals surface area contributed by atoms with Gasteiger partial charge in [-0.3, -0.25) is 0 Å². The molecule has 0 saturated carbocycles. The fraction of sp³-hybridized carbons (Fsp3) is 0.400. The minimum absolute atomic E-state index is 0.207. The topological polar surface area (TPSA) is 21.7 Å². The van der Waals surface area contributed by atoms with E-state index in [-0.39, 0.29) is 5.41 Å². The number of benzene rings is 2. The summed E-state index contributed by atoms with van der Waals surface area (Å²) in [5.41, 5.74) is 2.65. The molecule has 0 aromatic heterocycles. The molecule has 124 valence electrons. The molecule has 0 radical (unpaired) electrons. The first-order chi connectivity index (χ1) is 10.9. The summed E-state index contributed by atoms with van der Waals surface area (Å²) in [7, 11) is 3.40. The third-order valence-corrected chi connectivity index (χ3v) is 3.61. The van der Waals surface area contributed by atoms with Crippen molar-refractivity contribution >= 4 is 5.69 Å². The predicted octanol–water partition coefficient (Wildman–Crippen LogP) is 4.76. The highest BCUT2D eigenvalue weighted by Gasteiger charge is 2.17. The molecule has 0 unspecified atom stereocenters. The number of hydrogen-bond acceptors (Lipinski definition) is 3. The Hall–Kier alpha value is -2.16. The maximum atomic E-state index is 5.34. The van der Waals surface area contributed by atoms with E-state index in [0.29, 0.717) is 0 Å². The first kappa shape index (κ1) is 17.2. The quantitative estimate of drug-likeness (QED) is 0.767. The molecule has 0 bridgehead atoms. The summed E-state index contributed by atoms with van der Waals surface area (Å²) < 4.78 is 10.6. The van der Waals surface area contributed by atoms with Crippen molar-refractivity contribution in [3.63, 3.8) is 0 Å². The SMILES string of the molecule is COc1ccc(N(Cc2cccc(OC)c2)CC(C)(C)C)cc1. The van der Waals surface area contributed by atoms with Gasteiger partial charge in [-0.05, 0) is 47.4 Å². The number of rotatable bonds is 6. The normalized spacial score (nSPS) is 11.2. The van der Waals surface area contributed by atoms with Crippen LogP contribution in [0.2, 0.25) is 0 Å². The molecule has 0 N–H and O–H groups in total. The van der Waals surface area contributed by atoms with Crippen molar-refractivity contribution in [2.24, 2.45) is 5.41 Å². The van der Waals surface area contributed by atoms with Gasteiger partial charge >= 0.3 is 0 Å². The summed E-state index contributed by atoms with van der Waals surface area (Å²) in [6.45, 7) is 8.59. The second-order valence-electron chi connectivity index (χ2n) is 6.97. The number of anilines is 1. The van der Waals surface area contributed by atoms with Gasteiger partial charge < -0.3 is 14.4 Å². The number of nitrogens with zero attached hydrogens (tertiary/aromatic N) is 1. The predicted molar refractivity (Wildman–Crippen MR) is 96.5 cm³/mol. The average Bonchev–Trinajstić information content (AvgIpc) is 2.53. The van der Waals surface area contributed by atoms with Crippen LogP contribution in [0.3, 0.4) is 0 Å². The van der Waals surface area contributed by atoms with E-state index in [1.807, 2.05) is 24.3 Å². The van der Waals surface area contributed by atoms with Crippen LogP contribution in [0.1, 0.15) is 26.3 Å². The standard InChI is InChI=1S/C20H27NO2/c1-20(2,3)15-21(17-9-11-18(22-4)12-10-17)14-16-7-6-8-19(13-16)23-5/h6-13H,14-15H2,1-5H3. The first-order valence-corrected chi connectivity index (χ1v) is 7.93. The van der Waals surface area contributed by atoms with Crippen LogP contribution in [0.25, 0.3) is 0 Å². The molecule has 0 aliphatic rings. The largest absolute Gasteiger partial charge is 0.497 e. The molecule has 0 atom stereocenters. The molecule has 2 aromatic rings. The summed E-state index contributed by atoms with van der Waals surface area (Å²) in [5, 5.41) is 0. The number of methoxy groups -OCH3 is 2.